The Hall–Kier alpha value is -2.42. The standard InChI is InChI=1S/C14H11NO2/c16-12-7-4-11(5-8-12)6-9-14(17)13-3-1-2-10-15-13/h1-10,16H. The van der Waals surface area contributed by atoms with Crippen molar-refractivity contribution >= 4 is 11.9 Å². The van der Waals surface area contributed by atoms with Crippen LogP contribution in [0.3, 0.4) is 0 Å². The molecule has 1 heterocycles. The minimum atomic E-state index is -0.140. The molecule has 0 bridgehead atoms. The fourth-order valence-corrected chi connectivity index (χ4v) is 1.35. The van der Waals surface area contributed by atoms with Gasteiger partial charge >= 0.3 is 0 Å². The van der Waals surface area contributed by atoms with Gasteiger partial charge in [-0.2, -0.15) is 0 Å². The lowest BCUT2D eigenvalue weighted by Crippen LogP contribution is -1.96. The summed E-state index contributed by atoms with van der Waals surface area (Å²) >= 11 is 0. The first-order valence-corrected chi connectivity index (χ1v) is 5.18. The molecule has 84 valence electrons. The zero-order chi connectivity index (χ0) is 12.1. The molecule has 2 aromatic rings. The van der Waals surface area contributed by atoms with Crippen LogP contribution < -0.4 is 0 Å². The van der Waals surface area contributed by atoms with Crippen molar-refractivity contribution in [3.63, 3.8) is 0 Å². The zero-order valence-corrected chi connectivity index (χ0v) is 9.08. The van der Waals surface area contributed by atoms with Gasteiger partial charge in [-0.25, -0.2) is 0 Å². The molecule has 1 N–H and O–H groups in total. The molecule has 0 aliphatic rings. The average molecular weight is 225 g/mol. The first-order chi connectivity index (χ1) is 8.25. The highest BCUT2D eigenvalue weighted by Gasteiger charge is 2.00. The summed E-state index contributed by atoms with van der Waals surface area (Å²) < 4.78 is 0. The van der Waals surface area contributed by atoms with E-state index in [0.717, 1.165) is 5.56 Å². The number of phenols is 1. The smallest absolute Gasteiger partial charge is 0.204 e. The van der Waals surface area contributed by atoms with Gasteiger partial charge in [0.2, 0.25) is 5.78 Å². The van der Waals surface area contributed by atoms with E-state index >= 15 is 0 Å². The van der Waals surface area contributed by atoms with E-state index in [1.807, 2.05) is 0 Å². The highest BCUT2D eigenvalue weighted by Crippen LogP contribution is 2.11. The summed E-state index contributed by atoms with van der Waals surface area (Å²) in [5.74, 6) is 0.0666. The Morgan fingerprint density at radius 1 is 1.12 bits per heavy atom. The largest absolute Gasteiger partial charge is 0.508 e. The van der Waals surface area contributed by atoms with Gasteiger partial charge in [-0.05, 0) is 35.9 Å². The predicted octanol–water partition coefficient (Wildman–Crippen LogP) is 2.68. The van der Waals surface area contributed by atoms with E-state index in [-0.39, 0.29) is 11.5 Å². The van der Waals surface area contributed by atoms with Gasteiger partial charge in [0.05, 0.1) is 0 Å². The number of benzene rings is 1. The zero-order valence-electron chi connectivity index (χ0n) is 9.08. The van der Waals surface area contributed by atoms with Crippen molar-refractivity contribution in [3.8, 4) is 5.75 Å². The normalized spacial score (nSPS) is 10.6. The first-order valence-electron chi connectivity index (χ1n) is 5.18. The van der Waals surface area contributed by atoms with Gasteiger partial charge in [-0.15, -0.1) is 0 Å². The Morgan fingerprint density at radius 3 is 2.53 bits per heavy atom. The molecule has 0 atom stereocenters. The number of nitrogens with zero attached hydrogens (tertiary/aromatic N) is 1. The molecule has 3 nitrogen and oxygen atoms in total. The number of hydrogen-bond acceptors (Lipinski definition) is 3. The second-order valence-corrected chi connectivity index (χ2v) is 3.50. The summed E-state index contributed by atoms with van der Waals surface area (Å²) in [5.41, 5.74) is 1.27. The lowest BCUT2D eigenvalue weighted by molar-refractivity contribution is 0.104. The number of aromatic nitrogens is 1. The van der Waals surface area contributed by atoms with Gasteiger partial charge in [-0.3, -0.25) is 9.78 Å². The Morgan fingerprint density at radius 2 is 1.88 bits per heavy atom. The van der Waals surface area contributed by atoms with E-state index in [4.69, 9.17) is 5.11 Å². The molecule has 0 aliphatic heterocycles. The van der Waals surface area contributed by atoms with Gasteiger partial charge in [0.1, 0.15) is 11.4 Å². The number of carbonyl (C=O) groups is 1. The number of phenolic OH excluding ortho intramolecular Hbond substituents is 1. The van der Waals surface area contributed by atoms with Crippen molar-refractivity contribution in [3.05, 3.63) is 66.0 Å². The summed E-state index contributed by atoms with van der Waals surface area (Å²) in [5, 5.41) is 9.11. The summed E-state index contributed by atoms with van der Waals surface area (Å²) in [4.78, 5) is 15.7. The third kappa shape index (κ3) is 3.01. The highest BCUT2D eigenvalue weighted by atomic mass is 16.3. The molecule has 1 aromatic carbocycles. The average Bonchev–Trinajstić information content (AvgIpc) is 2.39. The van der Waals surface area contributed by atoms with Crippen molar-refractivity contribution in [2.24, 2.45) is 0 Å². The summed E-state index contributed by atoms with van der Waals surface area (Å²) in [6, 6.07) is 11.8. The Labute approximate surface area is 99.1 Å². The van der Waals surface area contributed by atoms with Crippen molar-refractivity contribution in [1.82, 2.24) is 4.98 Å². The molecule has 0 amide bonds. The number of aromatic hydroxyl groups is 1. The van der Waals surface area contributed by atoms with Crippen LogP contribution in [0.2, 0.25) is 0 Å². The quantitative estimate of drug-likeness (QED) is 0.645. The number of allylic oxidation sites excluding steroid dienone is 1. The molecule has 2 rings (SSSR count). The molecular formula is C14H11NO2. The molecule has 0 saturated carbocycles. The van der Waals surface area contributed by atoms with Crippen LogP contribution in [0, 0.1) is 0 Å². The van der Waals surface area contributed by atoms with Crippen molar-refractivity contribution in [2.45, 2.75) is 0 Å². The molecule has 0 radical (unpaired) electrons. The number of rotatable bonds is 3. The van der Waals surface area contributed by atoms with E-state index < -0.39 is 0 Å². The molecule has 0 fully saturated rings. The maximum atomic E-state index is 11.7. The molecule has 17 heavy (non-hydrogen) atoms. The topological polar surface area (TPSA) is 50.2 Å². The molecule has 1 aromatic heterocycles. The number of hydrogen-bond donors (Lipinski definition) is 1. The molecule has 3 heteroatoms. The Bertz CT molecular complexity index is 530. The van der Waals surface area contributed by atoms with Crippen LogP contribution in [0.25, 0.3) is 6.08 Å². The van der Waals surface area contributed by atoms with Crippen LogP contribution in [0.5, 0.6) is 5.75 Å². The molecule has 0 aliphatic carbocycles. The summed E-state index contributed by atoms with van der Waals surface area (Å²) in [6.45, 7) is 0. The first kappa shape index (κ1) is 11.1. The fourth-order valence-electron chi connectivity index (χ4n) is 1.35. The van der Waals surface area contributed by atoms with Gasteiger partial charge in [0.25, 0.3) is 0 Å². The second-order valence-electron chi connectivity index (χ2n) is 3.50. The maximum absolute atomic E-state index is 11.7. The Balaban J connectivity index is 2.11. The van der Waals surface area contributed by atoms with E-state index in [1.165, 1.54) is 6.08 Å². The number of ketones is 1. The number of pyridine rings is 1. The molecule has 0 saturated heterocycles. The monoisotopic (exact) mass is 225 g/mol. The van der Waals surface area contributed by atoms with Gasteiger partial charge in [-0.1, -0.05) is 24.3 Å². The SMILES string of the molecule is O=C(C=Cc1ccc(O)cc1)c1ccccn1. The van der Waals surface area contributed by atoms with E-state index in [1.54, 1.807) is 54.7 Å². The molecule has 0 spiro atoms. The molecular weight excluding hydrogens is 214 g/mol. The van der Waals surface area contributed by atoms with E-state index in [2.05, 4.69) is 4.98 Å². The third-order valence-electron chi connectivity index (χ3n) is 2.24. The van der Waals surface area contributed by atoms with E-state index in [9.17, 15) is 4.79 Å². The van der Waals surface area contributed by atoms with Crippen molar-refractivity contribution < 1.29 is 9.90 Å². The minimum absolute atomic E-state index is 0.140. The van der Waals surface area contributed by atoms with Crippen LogP contribution in [0.4, 0.5) is 0 Å². The fraction of sp³-hybridized carbons (Fsp3) is 0. The van der Waals surface area contributed by atoms with Crippen LogP contribution >= 0.6 is 0 Å². The summed E-state index contributed by atoms with van der Waals surface area (Å²) in [6.07, 6.45) is 4.74. The lowest BCUT2D eigenvalue weighted by Gasteiger charge is -1.95. The van der Waals surface area contributed by atoms with Gasteiger partial charge < -0.3 is 5.11 Å². The minimum Gasteiger partial charge on any atom is -0.508 e. The summed E-state index contributed by atoms with van der Waals surface area (Å²) in [7, 11) is 0. The predicted molar refractivity (Wildman–Crippen MR) is 65.7 cm³/mol. The van der Waals surface area contributed by atoms with Crippen LogP contribution in [-0.4, -0.2) is 15.9 Å². The Kier molecular flexibility index (Phi) is 3.31. The number of carbonyl (C=O) groups excluding carboxylic acids is 1. The third-order valence-corrected chi connectivity index (χ3v) is 2.24. The maximum Gasteiger partial charge on any atom is 0.204 e. The van der Waals surface area contributed by atoms with Crippen LogP contribution in [0.15, 0.2) is 54.7 Å². The van der Waals surface area contributed by atoms with Crippen LogP contribution in [0.1, 0.15) is 16.1 Å². The van der Waals surface area contributed by atoms with Crippen molar-refractivity contribution in [1.29, 1.82) is 0 Å². The lowest BCUT2D eigenvalue weighted by atomic mass is 10.1. The molecule has 0 unspecified atom stereocenters. The van der Waals surface area contributed by atoms with Crippen LogP contribution in [-0.2, 0) is 0 Å². The van der Waals surface area contributed by atoms with Crippen molar-refractivity contribution in [2.75, 3.05) is 0 Å². The van der Waals surface area contributed by atoms with E-state index in [0.29, 0.717) is 5.69 Å². The second kappa shape index (κ2) is 5.07. The van der Waals surface area contributed by atoms with Gasteiger partial charge in [0.15, 0.2) is 0 Å². The van der Waals surface area contributed by atoms with Gasteiger partial charge in [0, 0.05) is 6.20 Å². The highest BCUT2D eigenvalue weighted by molar-refractivity contribution is 6.05.